The van der Waals surface area contributed by atoms with Gasteiger partial charge in [-0.05, 0) is 36.9 Å². The number of ether oxygens (including phenoxy) is 2. The number of carbonyl (C=O) groups is 1. The highest BCUT2D eigenvalue weighted by Gasteiger charge is 2.09. The molecule has 1 rings (SSSR count). The topological polar surface area (TPSA) is 82.8 Å². The fraction of sp³-hybridized carbons (Fsp3) is 0.412. The van der Waals surface area contributed by atoms with Crippen LogP contribution in [0.5, 0.6) is 11.5 Å². The third-order valence-electron chi connectivity index (χ3n) is 3.41. The number of carboxylic acids is 1. The van der Waals surface area contributed by atoms with Crippen molar-refractivity contribution in [1.82, 2.24) is 4.90 Å². The van der Waals surface area contributed by atoms with Gasteiger partial charge in [-0.1, -0.05) is 19.9 Å². The molecular weight excluding hydrogens is 296 g/mol. The van der Waals surface area contributed by atoms with Crippen LogP contribution in [-0.4, -0.2) is 49.3 Å². The number of benzene rings is 1. The number of methoxy groups -OCH3 is 1. The van der Waals surface area contributed by atoms with Crippen molar-refractivity contribution >= 4 is 12.0 Å². The Hall–Kier alpha value is -2.52. The molecule has 0 amide bonds. The first-order valence-electron chi connectivity index (χ1n) is 7.43. The van der Waals surface area contributed by atoms with Gasteiger partial charge in [-0.2, -0.15) is 5.26 Å². The van der Waals surface area contributed by atoms with Crippen LogP contribution >= 0.6 is 0 Å². The first-order chi connectivity index (χ1) is 11.0. The Bertz CT molecular complexity index is 601. The molecule has 23 heavy (non-hydrogen) atoms. The zero-order valence-electron chi connectivity index (χ0n) is 13.7. The molecule has 0 aliphatic heterocycles. The van der Waals surface area contributed by atoms with Gasteiger partial charge < -0.3 is 19.5 Å². The highest BCUT2D eigenvalue weighted by atomic mass is 16.5. The summed E-state index contributed by atoms with van der Waals surface area (Å²) in [5, 5.41) is 17.7. The van der Waals surface area contributed by atoms with Crippen LogP contribution in [0.1, 0.15) is 19.4 Å². The Morgan fingerprint density at radius 3 is 2.57 bits per heavy atom. The Kier molecular flexibility index (Phi) is 7.64. The molecular formula is C17H22N2O4. The van der Waals surface area contributed by atoms with Crippen molar-refractivity contribution in [3.8, 4) is 17.6 Å². The van der Waals surface area contributed by atoms with Gasteiger partial charge in [0.15, 0.2) is 11.5 Å². The average Bonchev–Trinajstić information content (AvgIpc) is 2.56. The average molecular weight is 318 g/mol. The third kappa shape index (κ3) is 5.64. The second-order valence-electron chi connectivity index (χ2n) is 4.76. The van der Waals surface area contributed by atoms with E-state index < -0.39 is 5.97 Å². The van der Waals surface area contributed by atoms with Crippen LogP contribution in [0.4, 0.5) is 0 Å². The second-order valence-corrected chi connectivity index (χ2v) is 4.76. The Morgan fingerprint density at radius 2 is 2.04 bits per heavy atom. The molecule has 0 bridgehead atoms. The lowest BCUT2D eigenvalue weighted by Crippen LogP contribution is -2.27. The highest BCUT2D eigenvalue weighted by molar-refractivity contribution is 5.96. The summed E-state index contributed by atoms with van der Waals surface area (Å²) in [6, 6.07) is 6.69. The molecule has 0 aromatic heterocycles. The number of hydrogen-bond donors (Lipinski definition) is 1. The number of nitriles is 1. The Balaban J connectivity index is 2.85. The maximum atomic E-state index is 10.9. The lowest BCUT2D eigenvalue weighted by molar-refractivity contribution is -0.132. The second kappa shape index (κ2) is 9.49. The number of carboxylic acid groups (broad SMARTS) is 1. The predicted molar refractivity (Wildman–Crippen MR) is 87.5 cm³/mol. The summed E-state index contributed by atoms with van der Waals surface area (Å²) in [6.45, 7) is 7.47. The van der Waals surface area contributed by atoms with Gasteiger partial charge in [0.2, 0.25) is 0 Å². The number of hydrogen-bond acceptors (Lipinski definition) is 5. The van der Waals surface area contributed by atoms with E-state index in [0.717, 1.165) is 19.6 Å². The van der Waals surface area contributed by atoms with Crippen LogP contribution in [0.25, 0.3) is 6.08 Å². The van der Waals surface area contributed by atoms with Crippen molar-refractivity contribution in [2.45, 2.75) is 13.8 Å². The molecule has 1 N–H and O–H groups in total. The van der Waals surface area contributed by atoms with Crippen LogP contribution in [0, 0.1) is 11.3 Å². The molecule has 0 saturated heterocycles. The molecule has 0 fully saturated rings. The third-order valence-corrected chi connectivity index (χ3v) is 3.41. The largest absolute Gasteiger partial charge is 0.493 e. The molecule has 0 radical (unpaired) electrons. The van der Waals surface area contributed by atoms with E-state index >= 15 is 0 Å². The van der Waals surface area contributed by atoms with Gasteiger partial charge in [-0.3, -0.25) is 0 Å². The summed E-state index contributed by atoms with van der Waals surface area (Å²) in [7, 11) is 1.52. The van der Waals surface area contributed by atoms with Gasteiger partial charge in [0.25, 0.3) is 0 Å². The summed E-state index contributed by atoms with van der Waals surface area (Å²) >= 11 is 0. The van der Waals surface area contributed by atoms with Crippen molar-refractivity contribution in [3.05, 3.63) is 29.3 Å². The first kappa shape index (κ1) is 18.5. The van der Waals surface area contributed by atoms with Gasteiger partial charge >= 0.3 is 5.97 Å². The predicted octanol–water partition coefficient (Wildman–Crippen LogP) is 2.41. The molecule has 0 spiro atoms. The smallest absolute Gasteiger partial charge is 0.346 e. The normalized spacial score (nSPS) is 11.2. The quantitative estimate of drug-likeness (QED) is 0.556. The number of aliphatic carboxylic acids is 1. The van der Waals surface area contributed by atoms with E-state index in [-0.39, 0.29) is 5.57 Å². The molecule has 0 heterocycles. The molecule has 6 nitrogen and oxygen atoms in total. The highest BCUT2D eigenvalue weighted by Crippen LogP contribution is 2.29. The van der Waals surface area contributed by atoms with Crippen LogP contribution in [0.2, 0.25) is 0 Å². The van der Waals surface area contributed by atoms with E-state index in [1.54, 1.807) is 24.3 Å². The first-order valence-corrected chi connectivity index (χ1v) is 7.43. The zero-order chi connectivity index (χ0) is 17.2. The summed E-state index contributed by atoms with van der Waals surface area (Å²) in [6.07, 6.45) is 1.30. The van der Waals surface area contributed by atoms with Crippen molar-refractivity contribution in [3.63, 3.8) is 0 Å². The molecule has 1 aromatic carbocycles. The van der Waals surface area contributed by atoms with Crippen LogP contribution in [-0.2, 0) is 4.79 Å². The minimum atomic E-state index is -1.26. The number of nitrogens with zero attached hydrogens (tertiary/aromatic N) is 2. The standard InChI is InChI=1S/C17H22N2O4/c1-4-19(5-2)8-9-23-15-7-6-13(11-16(15)22-3)10-14(12-18)17(20)21/h6-7,10-11H,4-5,8-9H2,1-3H3,(H,20,21). The zero-order valence-corrected chi connectivity index (χ0v) is 13.7. The fourth-order valence-corrected chi connectivity index (χ4v) is 2.03. The van der Waals surface area contributed by atoms with Gasteiger partial charge in [0.05, 0.1) is 7.11 Å². The van der Waals surface area contributed by atoms with E-state index in [4.69, 9.17) is 19.8 Å². The lowest BCUT2D eigenvalue weighted by atomic mass is 10.1. The van der Waals surface area contributed by atoms with E-state index in [9.17, 15) is 4.79 Å². The van der Waals surface area contributed by atoms with Gasteiger partial charge in [-0.15, -0.1) is 0 Å². The molecule has 6 heteroatoms. The molecule has 0 unspecified atom stereocenters. The number of rotatable bonds is 9. The summed E-state index contributed by atoms with van der Waals surface area (Å²) in [5.41, 5.74) is 0.235. The van der Waals surface area contributed by atoms with Gasteiger partial charge in [-0.25, -0.2) is 4.79 Å². The van der Waals surface area contributed by atoms with Crippen LogP contribution in [0.3, 0.4) is 0 Å². The van der Waals surface area contributed by atoms with Crippen molar-refractivity contribution < 1.29 is 19.4 Å². The molecule has 0 aliphatic rings. The lowest BCUT2D eigenvalue weighted by Gasteiger charge is -2.18. The van der Waals surface area contributed by atoms with E-state index in [1.807, 2.05) is 0 Å². The minimum Gasteiger partial charge on any atom is -0.493 e. The van der Waals surface area contributed by atoms with E-state index in [0.29, 0.717) is 23.7 Å². The maximum Gasteiger partial charge on any atom is 0.346 e. The van der Waals surface area contributed by atoms with Gasteiger partial charge in [0.1, 0.15) is 18.2 Å². The fourth-order valence-electron chi connectivity index (χ4n) is 2.03. The Morgan fingerprint density at radius 1 is 1.35 bits per heavy atom. The Labute approximate surface area is 136 Å². The molecule has 1 aromatic rings. The minimum absolute atomic E-state index is 0.331. The van der Waals surface area contributed by atoms with E-state index in [1.165, 1.54) is 13.2 Å². The molecule has 124 valence electrons. The van der Waals surface area contributed by atoms with Crippen LogP contribution in [0.15, 0.2) is 23.8 Å². The van der Waals surface area contributed by atoms with Crippen LogP contribution < -0.4 is 9.47 Å². The SMILES string of the molecule is CCN(CC)CCOc1ccc(C=C(C#N)C(=O)O)cc1OC. The summed E-state index contributed by atoms with van der Waals surface area (Å²) in [4.78, 5) is 13.1. The molecule has 0 atom stereocenters. The van der Waals surface area contributed by atoms with E-state index in [2.05, 4.69) is 18.7 Å². The molecule has 0 aliphatic carbocycles. The summed E-state index contributed by atoms with van der Waals surface area (Å²) < 4.78 is 11.0. The van der Waals surface area contributed by atoms with Crippen molar-refractivity contribution in [2.75, 3.05) is 33.4 Å². The molecule has 0 saturated carbocycles. The monoisotopic (exact) mass is 318 g/mol. The van der Waals surface area contributed by atoms with Gasteiger partial charge in [0, 0.05) is 6.54 Å². The van der Waals surface area contributed by atoms with Crippen molar-refractivity contribution in [1.29, 1.82) is 5.26 Å². The number of likely N-dealkylation sites (N-methyl/N-ethyl adjacent to an activating group) is 1. The van der Waals surface area contributed by atoms with Crippen molar-refractivity contribution in [2.24, 2.45) is 0 Å². The maximum absolute atomic E-state index is 10.9. The summed E-state index contributed by atoms with van der Waals surface area (Å²) in [5.74, 6) is -0.169.